The second-order valence-electron chi connectivity index (χ2n) is 7.39. The minimum atomic E-state index is -0.401. The van der Waals surface area contributed by atoms with E-state index in [0.29, 0.717) is 37.3 Å². The topological polar surface area (TPSA) is 87.5 Å². The van der Waals surface area contributed by atoms with Gasteiger partial charge in [0.1, 0.15) is 5.82 Å². The molecule has 0 aromatic heterocycles. The van der Waals surface area contributed by atoms with Crippen molar-refractivity contribution in [3.05, 3.63) is 59.9 Å². The highest BCUT2D eigenvalue weighted by atomic mass is 35.5. The number of nitrogens with zero attached hydrogens (tertiary/aromatic N) is 1. The summed E-state index contributed by atoms with van der Waals surface area (Å²) in [6.45, 7) is 1.84. The van der Waals surface area contributed by atoms with E-state index < -0.39 is 5.82 Å². The zero-order chi connectivity index (χ0) is 20.6. The van der Waals surface area contributed by atoms with E-state index >= 15 is 0 Å². The molecule has 3 amide bonds. The summed E-state index contributed by atoms with van der Waals surface area (Å²) in [7, 11) is 0. The van der Waals surface area contributed by atoms with Gasteiger partial charge in [0, 0.05) is 37.4 Å². The molecule has 3 rings (SSSR count). The molecule has 1 aliphatic rings. The largest absolute Gasteiger partial charge is 0.399 e. The van der Waals surface area contributed by atoms with Gasteiger partial charge in [-0.15, -0.1) is 12.4 Å². The number of nitrogens with two attached hydrogens (primary N) is 1. The number of halogens is 2. The van der Waals surface area contributed by atoms with Crippen LogP contribution in [0, 0.1) is 11.7 Å². The predicted molar refractivity (Wildman–Crippen MR) is 119 cm³/mol. The predicted octanol–water partition coefficient (Wildman–Crippen LogP) is 3.82. The number of para-hydroxylation sites is 1. The number of rotatable bonds is 6. The van der Waals surface area contributed by atoms with Crippen molar-refractivity contribution in [1.29, 1.82) is 0 Å². The van der Waals surface area contributed by atoms with Gasteiger partial charge in [-0.05, 0) is 55.0 Å². The van der Waals surface area contributed by atoms with Gasteiger partial charge >= 0.3 is 6.03 Å². The number of aryl methyl sites for hydroxylation is 1. The molecule has 0 bridgehead atoms. The second-order valence-corrected chi connectivity index (χ2v) is 7.39. The highest BCUT2D eigenvalue weighted by Gasteiger charge is 2.24. The van der Waals surface area contributed by atoms with Crippen molar-refractivity contribution >= 4 is 35.7 Å². The summed E-state index contributed by atoms with van der Waals surface area (Å²) < 4.78 is 13.2. The smallest absolute Gasteiger partial charge is 0.319 e. The van der Waals surface area contributed by atoms with Gasteiger partial charge in [0.25, 0.3) is 0 Å². The van der Waals surface area contributed by atoms with Crippen LogP contribution in [0.5, 0.6) is 0 Å². The van der Waals surface area contributed by atoms with Crippen molar-refractivity contribution in [2.45, 2.75) is 25.7 Å². The van der Waals surface area contributed by atoms with Gasteiger partial charge < -0.3 is 21.3 Å². The number of piperidine rings is 1. The fraction of sp³-hybridized carbons (Fsp3) is 0.364. The van der Waals surface area contributed by atoms with E-state index in [-0.39, 0.29) is 30.3 Å². The average molecular weight is 435 g/mol. The molecule has 0 radical (unpaired) electrons. The molecule has 0 saturated carbocycles. The Morgan fingerprint density at radius 1 is 1.17 bits per heavy atom. The third kappa shape index (κ3) is 6.91. The van der Waals surface area contributed by atoms with Gasteiger partial charge in [0.05, 0.1) is 0 Å². The number of likely N-dealkylation sites (tertiary alicyclic amines) is 1. The molecule has 4 N–H and O–H groups in total. The summed E-state index contributed by atoms with van der Waals surface area (Å²) in [6.07, 6.45) is 2.92. The van der Waals surface area contributed by atoms with E-state index in [4.69, 9.17) is 5.73 Å². The molecule has 30 heavy (non-hydrogen) atoms. The van der Waals surface area contributed by atoms with Crippen LogP contribution in [-0.2, 0) is 11.2 Å². The quantitative estimate of drug-likeness (QED) is 0.604. The zero-order valence-electron chi connectivity index (χ0n) is 16.8. The van der Waals surface area contributed by atoms with Gasteiger partial charge in [0.15, 0.2) is 0 Å². The van der Waals surface area contributed by atoms with Gasteiger partial charge in [0.2, 0.25) is 5.91 Å². The first kappa shape index (κ1) is 23.5. The van der Waals surface area contributed by atoms with Crippen molar-refractivity contribution in [2.75, 3.05) is 30.7 Å². The summed E-state index contributed by atoms with van der Waals surface area (Å²) in [5.74, 6) is -0.0867. The number of urea groups is 1. The van der Waals surface area contributed by atoms with Crippen LogP contribution in [0.4, 0.5) is 20.6 Å². The van der Waals surface area contributed by atoms with E-state index in [1.165, 1.54) is 12.1 Å². The number of hydrogen-bond donors (Lipinski definition) is 3. The van der Waals surface area contributed by atoms with E-state index in [1.54, 1.807) is 12.1 Å². The molecular formula is C22H28ClFN4O2. The average Bonchev–Trinajstić information content (AvgIpc) is 2.72. The Bertz CT molecular complexity index is 865. The SMILES string of the molecule is Cl.Nc1ccccc1CCC(=O)N1CCCC(CNC(=O)Nc2cccc(F)c2)C1. The van der Waals surface area contributed by atoms with Gasteiger partial charge in [-0.2, -0.15) is 0 Å². The number of nitrogens with one attached hydrogen (secondary N) is 2. The highest BCUT2D eigenvalue weighted by Crippen LogP contribution is 2.19. The minimum Gasteiger partial charge on any atom is -0.399 e. The summed E-state index contributed by atoms with van der Waals surface area (Å²) in [6, 6.07) is 13.0. The Hall–Kier alpha value is -2.80. The van der Waals surface area contributed by atoms with Crippen molar-refractivity contribution in [3.8, 4) is 0 Å². The minimum absolute atomic E-state index is 0. The Balaban J connectivity index is 0.00000320. The van der Waals surface area contributed by atoms with E-state index in [9.17, 15) is 14.0 Å². The lowest BCUT2D eigenvalue weighted by atomic mass is 9.97. The monoisotopic (exact) mass is 434 g/mol. The van der Waals surface area contributed by atoms with E-state index in [2.05, 4.69) is 10.6 Å². The molecule has 6 nitrogen and oxygen atoms in total. The van der Waals surface area contributed by atoms with E-state index in [1.807, 2.05) is 29.2 Å². The van der Waals surface area contributed by atoms with Crippen LogP contribution in [0.25, 0.3) is 0 Å². The molecule has 0 aliphatic carbocycles. The zero-order valence-corrected chi connectivity index (χ0v) is 17.6. The first-order valence-corrected chi connectivity index (χ1v) is 9.93. The molecule has 162 valence electrons. The standard InChI is InChI=1S/C22H27FN4O2.ClH/c23-18-7-3-8-19(13-18)26-22(29)25-14-16-5-4-12-27(15-16)21(28)11-10-17-6-1-2-9-20(17)24;/h1-3,6-9,13,16H,4-5,10-12,14-15,24H2,(H2,25,26,29);1H. The Morgan fingerprint density at radius 3 is 2.73 bits per heavy atom. The van der Waals surface area contributed by atoms with Crippen LogP contribution in [0.15, 0.2) is 48.5 Å². The normalized spacial score (nSPS) is 15.8. The Morgan fingerprint density at radius 2 is 1.97 bits per heavy atom. The van der Waals surface area contributed by atoms with Crippen LogP contribution in [-0.4, -0.2) is 36.5 Å². The summed E-state index contributed by atoms with van der Waals surface area (Å²) in [4.78, 5) is 26.5. The molecule has 1 heterocycles. The third-order valence-electron chi connectivity index (χ3n) is 5.17. The maximum Gasteiger partial charge on any atom is 0.319 e. The number of carbonyl (C=O) groups is 2. The number of hydrogen-bond acceptors (Lipinski definition) is 3. The number of anilines is 2. The molecule has 8 heteroatoms. The summed E-state index contributed by atoms with van der Waals surface area (Å²) in [5.41, 5.74) is 8.06. The molecule has 2 aromatic carbocycles. The number of nitrogen functional groups attached to an aromatic ring is 1. The first-order chi connectivity index (χ1) is 14.0. The molecule has 0 spiro atoms. The van der Waals surface area contributed by atoms with Gasteiger partial charge in [-0.25, -0.2) is 9.18 Å². The van der Waals surface area contributed by atoms with Crippen molar-refractivity contribution in [3.63, 3.8) is 0 Å². The Labute approximate surface area is 182 Å². The van der Waals surface area contributed by atoms with Crippen molar-refractivity contribution in [2.24, 2.45) is 5.92 Å². The molecule has 1 fully saturated rings. The van der Waals surface area contributed by atoms with Crippen LogP contribution in [0.3, 0.4) is 0 Å². The fourth-order valence-electron chi connectivity index (χ4n) is 3.60. The number of benzene rings is 2. The lowest BCUT2D eigenvalue weighted by Crippen LogP contribution is -2.44. The lowest BCUT2D eigenvalue weighted by Gasteiger charge is -2.33. The van der Waals surface area contributed by atoms with E-state index in [0.717, 1.165) is 24.9 Å². The summed E-state index contributed by atoms with van der Waals surface area (Å²) >= 11 is 0. The number of carbonyl (C=O) groups excluding carboxylic acids is 2. The third-order valence-corrected chi connectivity index (χ3v) is 5.17. The van der Waals surface area contributed by atoms with Gasteiger partial charge in [-0.1, -0.05) is 24.3 Å². The van der Waals surface area contributed by atoms with Gasteiger partial charge in [-0.3, -0.25) is 4.79 Å². The molecule has 1 aliphatic heterocycles. The maximum atomic E-state index is 13.2. The molecule has 1 saturated heterocycles. The maximum absolute atomic E-state index is 13.2. The molecule has 2 aromatic rings. The molecular weight excluding hydrogens is 407 g/mol. The fourth-order valence-corrected chi connectivity index (χ4v) is 3.60. The van der Waals surface area contributed by atoms with Crippen LogP contribution in [0.1, 0.15) is 24.8 Å². The Kier molecular flexibility index (Phi) is 8.92. The van der Waals surface area contributed by atoms with Crippen LogP contribution < -0.4 is 16.4 Å². The summed E-state index contributed by atoms with van der Waals surface area (Å²) in [5, 5.41) is 5.44. The van der Waals surface area contributed by atoms with Crippen molar-refractivity contribution < 1.29 is 14.0 Å². The van der Waals surface area contributed by atoms with Crippen LogP contribution in [0.2, 0.25) is 0 Å². The van der Waals surface area contributed by atoms with Crippen molar-refractivity contribution in [1.82, 2.24) is 10.2 Å². The second kappa shape index (κ2) is 11.4. The highest BCUT2D eigenvalue weighted by molar-refractivity contribution is 5.89. The lowest BCUT2D eigenvalue weighted by molar-refractivity contribution is -0.132. The van der Waals surface area contributed by atoms with Crippen LogP contribution >= 0.6 is 12.4 Å². The molecule has 1 unspecified atom stereocenters. The molecule has 1 atom stereocenters. The first-order valence-electron chi connectivity index (χ1n) is 9.93. The number of amides is 3.